The lowest BCUT2D eigenvalue weighted by molar-refractivity contribution is 0.0495. The first-order chi connectivity index (χ1) is 9.20. The maximum absolute atomic E-state index is 6.16. The fourth-order valence-electron chi connectivity index (χ4n) is 1.74. The van der Waals surface area contributed by atoms with E-state index in [1.165, 1.54) is 0 Å². The van der Waals surface area contributed by atoms with Gasteiger partial charge in [-0.3, -0.25) is 0 Å². The fourth-order valence-corrected chi connectivity index (χ4v) is 2.20. The molecule has 0 spiro atoms. The lowest BCUT2D eigenvalue weighted by atomic mass is 10.4. The summed E-state index contributed by atoms with van der Waals surface area (Å²) in [7, 11) is 0. The quantitative estimate of drug-likeness (QED) is 0.876. The highest BCUT2D eigenvalue weighted by molar-refractivity contribution is 6.37. The highest BCUT2D eigenvalue weighted by Gasteiger charge is 2.14. The highest BCUT2D eigenvalue weighted by atomic mass is 35.5. The van der Waals surface area contributed by atoms with Gasteiger partial charge >= 0.3 is 0 Å². The van der Waals surface area contributed by atoms with Crippen LogP contribution in [0.25, 0.3) is 0 Å². The monoisotopic (exact) mass is 304 g/mol. The minimum atomic E-state index is 0.513. The molecule has 0 aliphatic carbocycles. The summed E-state index contributed by atoms with van der Waals surface area (Å²) in [6, 6.07) is 1.71. The molecule has 1 aliphatic rings. The van der Waals surface area contributed by atoms with Crippen molar-refractivity contribution in [1.29, 1.82) is 0 Å². The first-order valence-electron chi connectivity index (χ1n) is 6.40. The number of hydrazine groups is 1. The third kappa shape index (κ3) is 4.11. The van der Waals surface area contributed by atoms with E-state index in [0.717, 1.165) is 26.1 Å². The molecule has 19 heavy (non-hydrogen) atoms. The molecule has 0 aromatic carbocycles. The number of nitrogens with one attached hydrogen (secondary N) is 2. The van der Waals surface area contributed by atoms with E-state index in [4.69, 9.17) is 27.9 Å². The molecule has 1 aromatic rings. The molecular formula is C12H18Cl2N4O. The van der Waals surface area contributed by atoms with Gasteiger partial charge in [-0.25, -0.2) is 9.99 Å². The summed E-state index contributed by atoms with van der Waals surface area (Å²) in [6.07, 6.45) is 1.01. The summed E-state index contributed by atoms with van der Waals surface area (Å²) >= 11 is 12.3. The van der Waals surface area contributed by atoms with Crippen LogP contribution >= 0.6 is 23.2 Å². The standard InChI is InChI=1S/C12H18Cl2N4O/c1-2-3-15-11-9(13)8-10(14)12(16-11)17-18-4-6-19-7-5-18/h8H,2-7H2,1H3,(H2,15,16,17). The molecule has 1 saturated heterocycles. The molecule has 5 nitrogen and oxygen atoms in total. The van der Waals surface area contributed by atoms with Crippen molar-refractivity contribution >= 4 is 34.8 Å². The van der Waals surface area contributed by atoms with Gasteiger partial charge in [-0.2, -0.15) is 0 Å². The third-order valence-electron chi connectivity index (χ3n) is 2.75. The Morgan fingerprint density at radius 1 is 1.26 bits per heavy atom. The van der Waals surface area contributed by atoms with Gasteiger partial charge in [-0.05, 0) is 12.5 Å². The largest absolute Gasteiger partial charge is 0.379 e. The SMILES string of the molecule is CCCNc1nc(NN2CCOCC2)c(Cl)cc1Cl. The van der Waals surface area contributed by atoms with Gasteiger partial charge < -0.3 is 15.5 Å². The van der Waals surface area contributed by atoms with E-state index in [9.17, 15) is 0 Å². The van der Waals surface area contributed by atoms with Crippen molar-refractivity contribution in [1.82, 2.24) is 9.99 Å². The van der Waals surface area contributed by atoms with Crippen molar-refractivity contribution in [3.63, 3.8) is 0 Å². The van der Waals surface area contributed by atoms with Crippen LogP contribution in [0.2, 0.25) is 10.0 Å². The zero-order chi connectivity index (χ0) is 13.7. The topological polar surface area (TPSA) is 49.4 Å². The molecule has 2 N–H and O–H groups in total. The molecular weight excluding hydrogens is 287 g/mol. The lowest BCUT2D eigenvalue weighted by Gasteiger charge is -2.28. The molecule has 1 aromatic heterocycles. The van der Waals surface area contributed by atoms with Gasteiger partial charge in [0.05, 0.1) is 23.3 Å². The number of halogens is 2. The molecule has 0 saturated carbocycles. The Labute approximate surface area is 123 Å². The van der Waals surface area contributed by atoms with Crippen molar-refractivity contribution in [3.8, 4) is 0 Å². The van der Waals surface area contributed by atoms with Gasteiger partial charge in [0.25, 0.3) is 0 Å². The van der Waals surface area contributed by atoms with Crippen LogP contribution in [0, 0.1) is 0 Å². The van der Waals surface area contributed by atoms with Crippen molar-refractivity contribution in [2.24, 2.45) is 0 Å². The summed E-state index contributed by atoms with van der Waals surface area (Å²) in [5.41, 5.74) is 3.20. The second-order valence-electron chi connectivity index (χ2n) is 4.29. The van der Waals surface area contributed by atoms with Crippen LogP contribution in [0.3, 0.4) is 0 Å². The average Bonchev–Trinajstić information content (AvgIpc) is 2.42. The number of hydrogen-bond donors (Lipinski definition) is 2. The molecule has 0 atom stereocenters. The van der Waals surface area contributed by atoms with E-state index in [1.807, 2.05) is 5.01 Å². The summed E-state index contributed by atoms with van der Waals surface area (Å²) < 4.78 is 5.30. The highest BCUT2D eigenvalue weighted by Crippen LogP contribution is 2.29. The van der Waals surface area contributed by atoms with Crippen LogP contribution in [-0.4, -0.2) is 42.8 Å². The molecule has 0 radical (unpaired) electrons. The van der Waals surface area contributed by atoms with Crippen molar-refractivity contribution < 1.29 is 4.74 Å². The van der Waals surface area contributed by atoms with Crippen LogP contribution in [-0.2, 0) is 4.74 Å². The molecule has 0 unspecified atom stereocenters. The Kier molecular flexibility index (Phi) is 5.51. The van der Waals surface area contributed by atoms with Crippen LogP contribution < -0.4 is 10.7 Å². The number of ether oxygens (including phenoxy) is 1. The number of aromatic nitrogens is 1. The predicted octanol–water partition coefficient (Wildman–Crippen LogP) is 2.87. The second-order valence-corrected chi connectivity index (χ2v) is 5.10. The Hall–Kier alpha value is -0.750. The maximum Gasteiger partial charge on any atom is 0.161 e. The minimum absolute atomic E-state index is 0.513. The smallest absolute Gasteiger partial charge is 0.161 e. The van der Waals surface area contributed by atoms with Gasteiger partial charge in [-0.15, -0.1) is 0 Å². The number of nitrogens with zero attached hydrogens (tertiary/aromatic N) is 2. The second kappa shape index (κ2) is 7.14. The Balaban J connectivity index is 2.09. The summed E-state index contributed by atoms with van der Waals surface area (Å²) in [6.45, 7) is 5.93. The molecule has 2 rings (SSSR count). The molecule has 0 bridgehead atoms. The first-order valence-corrected chi connectivity index (χ1v) is 7.15. The fraction of sp³-hybridized carbons (Fsp3) is 0.583. The lowest BCUT2D eigenvalue weighted by Crippen LogP contribution is -2.40. The molecule has 1 aliphatic heterocycles. The summed E-state index contributed by atoms with van der Waals surface area (Å²) in [4.78, 5) is 4.43. The minimum Gasteiger partial charge on any atom is -0.379 e. The normalized spacial score (nSPS) is 16.4. The third-order valence-corrected chi connectivity index (χ3v) is 3.32. The number of hydrogen-bond acceptors (Lipinski definition) is 5. The van der Waals surface area contributed by atoms with E-state index in [1.54, 1.807) is 6.07 Å². The van der Waals surface area contributed by atoms with E-state index < -0.39 is 0 Å². The van der Waals surface area contributed by atoms with Gasteiger partial charge in [0.15, 0.2) is 5.82 Å². The molecule has 106 valence electrons. The first kappa shape index (κ1) is 14.7. The zero-order valence-corrected chi connectivity index (χ0v) is 12.4. The van der Waals surface area contributed by atoms with Crippen molar-refractivity contribution in [2.45, 2.75) is 13.3 Å². The Morgan fingerprint density at radius 2 is 1.95 bits per heavy atom. The average molecular weight is 305 g/mol. The molecule has 1 fully saturated rings. The van der Waals surface area contributed by atoms with Gasteiger partial charge in [-0.1, -0.05) is 30.1 Å². The Bertz CT molecular complexity index is 424. The van der Waals surface area contributed by atoms with Crippen LogP contribution in [0.15, 0.2) is 6.07 Å². The number of rotatable bonds is 5. The van der Waals surface area contributed by atoms with Crippen LogP contribution in [0.4, 0.5) is 11.6 Å². The van der Waals surface area contributed by atoms with Gasteiger partial charge in [0, 0.05) is 19.6 Å². The maximum atomic E-state index is 6.16. The molecule has 2 heterocycles. The predicted molar refractivity (Wildman–Crippen MR) is 79.1 cm³/mol. The number of morpholine rings is 1. The summed E-state index contributed by atoms with van der Waals surface area (Å²) in [5.74, 6) is 1.27. The van der Waals surface area contributed by atoms with E-state index in [-0.39, 0.29) is 0 Å². The van der Waals surface area contributed by atoms with E-state index in [2.05, 4.69) is 22.7 Å². The number of anilines is 2. The zero-order valence-electron chi connectivity index (χ0n) is 10.9. The van der Waals surface area contributed by atoms with Crippen LogP contribution in [0.1, 0.15) is 13.3 Å². The molecule has 0 amide bonds. The van der Waals surface area contributed by atoms with Crippen molar-refractivity contribution in [3.05, 3.63) is 16.1 Å². The number of pyridine rings is 1. The van der Waals surface area contributed by atoms with Gasteiger partial charge in [0.2, 0.25) is 0 Å². The van der Waals surface area contributed by atoms with Crippen LogP contribution in [0.5, 0.6) is 0 Å². The summed E-state index contributed by atoms with van der Waals surface area (Å²) in [5, 5.41) is 6.27. The van der Waals surface area contributed by atoms with Crippen molar-refractivity contribution in [2.75, 3.05) is 43.6 Å². The van der Waals surface area contributed by atoms with Gasteiger partial charge in [0.1, 0.15) is 5.82 Å². The van der Waals surface area contributed by atoms with E-state index in [0.29, 0.717) is 34.9 Å². The van der Waals surface area contributed by atoms with E-state index >= 15 is 0 Å². The Morgan fingerprint density at radius 3 is 2.63 bits per heavy atom. The molecule has 7 heteroatoms.